The lowest BCUT2D eigenvalue weighted by Gasteiger charge is -2.07. The van der Waals surface area contributed by atoms with Crippen LogP contribution in [0, 0.1) is 0 Å². The van der Waals surface area contributed by atoms with E-state index >= 15 is 0 Å². The average molecular weight is 298 g/mol. The number of methoxy groups -OCH3 is 2. The zero-order valence-corrected chi connectivity index (χ0v) is 12.7. The second-order valence-corrected chi connectivity index (χ2v) is 4.83. The van der Waals surface area contributed by atoms with Crippen molar-refractivity contribution < 1.29 is 9.47 Å². The summed E-state index contributed by atoms with van der Waals surface area (Å²) in [6.07, 6.45) is 3.23. The van der Waals surface area contributed by atoms with Crippen LogP contribution < -0.4 is 4.74 Å². The van der Waals surface area contributed by atoms with Crippen LogP contribution in [0.3, 0.4) is 0 Å². The molecule has 6 heteroatoms. The SMILES string of the molecule is COCCCCCn1c(CCl)nc2ccc(OC)nc21. The minimum atomic E-state index is 0.386. The molecule has 0 aromatic carbocycles. The topological polar surface area (TPSA) is 49.2 Å². The molecule has 2 aromatic heterocycles. The number of aromatic nitrogens is 3. The zero-order chi connectivity index (χ0) is 14.4. The molecule has 0 N–H and O–H groups in total. The first-order valence-electron chi connectivity index (χ1n) is 6.75. The maximum Gasteiger partial charge on any atom is 0.215 e. The Morgan fingerprint density at radius 3 is 2.70 bits per heavy atom. The molecule has 0 amide bonds. The van der Waals surface area contributed by atoms with Gasteiger partial charge in [0, 0.05) is 26.3 Å². The lowest BCUT2D eigenvalue weighted by molar-refractivity contribution is 0.191. The Kier molecular flexibility index (Phi) is 5.61. The predicted molar refractivity (Wildman–Crippen MR) is 79.4 cm³/mol. The summed E-state index contributed by atoms with van der Waals surface area (Å²) in [5.74, 6) is 1.84. The number of pyridine rings is 1. The third kappa shape index (κ3) is 3.41. The highest BCUT2D eigenvalue weighted by Crippen LogP contribution is 2.20. The molecule has 0 saturated carbocycles. The smallest absolute Gasteiger partial charge is 0.215 e. The van der Waals surface area contributed by atoms with E-state index < -0.39 is 0 Å². The van der Waals surface area contributed by atoms with E-state index in [4.69, 9.17) is 21.1 Å². The first-order chi connectivity index (χ1) is 9.80. The Morgan fingerprint density at radius 2 is 2.00 bits per heavy atom. The number of hydrogen-bond donors (Lipinski definition) is 0. The minimum absolute atomic E-state index is 0.386. The number of ether oxygens (including phenoxy) is 2. The normalized spacial score (nSPS) is 11.2. The van der Waals surface area contributed by atoms with E-state index in [1.165, 1.54) is 0 Å². The molecule has 0 saturated heterocycles. The van der Waals surface area contributed by atoms with Crippen LogP contribution in [-0.2, 0) is 17.2 Å². The van der Waals surface area contributed by atoms with Crippen molar-refractivity contribution in [1.29, 1.82) is 0 Å². The zero-order valence-electron chi connectivity index (χ0n) is 11.9. The molecule has 2 rings (SSSR count). The van der Waals surface area contributed by atoms with Crippen LogP contribution >= 0.6 is 11.6 Å². The molecule has 0 unspecified atom stereocenters. The Balaban J connectivity index is 2.16. The summed E-state index contributed by atoms with van der Waals surface area (Å²) in [5, 5.41) is 0. The highest BCUT2D eigenvalue weighted by atomic mass is 35.5. The van der Waals surface area contributed by atoms with Crippen molar-refractivity contribution in [2.45, 2.75) is 31.7 Å². The van der Waals surface area contributed by atoms with E-state index in [0.29, 0.717) is 11.8 Å². The van der Waals surface area contributed by atoms with E-state index in [9.17, 15) is 0 Å². The third-order valence-electron chi connectivity index (χ3n) is 3.20. The van der Waals surface area contributed by atoms with Crippen molar-refractivity contribution >= 4 is 22.8 Å². The Labute approximate surface area is 123 Å². The highest BCUT2D eigenvalue weighted by molar-refractivity contribution is 6.16. The number of nitrogens with zero attached hydrogens (tertiary/aromatic N) is 3. The molecule has 2 aromatic rings. The molecule has 110 valence electrons. The van der Waals surface area contributed by atoms with Crippen molar-refractivity contribution in [2.24, 2.45) is 0 Å². The van der Waals surface area contributed by atoms with Crippen LogP contribution in [0.1, 0.15) is 25.1 Å². The molecular formula is C14H20ClN3O2. The largest absolute Gasteiger partial charge is 0.481 e. The highest BCUT2D eigenvalue weighted by Gasteiger charge is 2.11. The summed E-state index contributed by atoms with van der Waals surface area (Å²) in [5.41, 5.74) is 1.70. The second-order valence-electron chi connectivity index (χ2n) is 4.56. The van der Waals surface area contributed by atoms with Gasteiger partial charge in [-0.1, -0.05) is 0 Å². The summed E-state index contributed by atoms with van der Waals surface area (Å²) in [7, 11) is 3.34. The van der Waals surface area contributed by atoms with Gasteiger partial charge < -0.3 is 14.0 Å². The van der Waals surface area contributed by atoms with Crippen molar-refractivity contribution in [3.05, 3.63) is 18.0 Å². The van der Waals surface area contributed by atoms with Crippen LogP contribution in [0.15, 0.2) is 12.1 Å². The quantitative estimate of drug-likeness (QED) is 0.555. The van der Waals surface area contributed by atoms with Gasteiger partial charge in [0.05, 0.1) is 13.0 Å². The van der Waals surface area contributed by atoms with Gasteiger partial charge in [-0.15, -0.1) is 11.6 Å². The van der Waals surface area contributed by atoms with Crippen LogP contribution in [0.5, 0.6) is 5.88 Å². The van der Waals surface area contributed by atoms with E-state index in [0.717, 1.165) is 49.4 Å². The van der Waals surface area contributed by atoms with Gasteiger partial charge >= 0.3 is 0 Å². The molecule has 5 nitrogen and oxygen atoms in total. The fourth-order valence-corrected chi connectivity index (χ4v) is 2.38. The van der Waals surface area contributed by atoms with Crippen molar-refractivity contribution in [3.63, 3.8) is 0 Å². The molecule has 0 fully saturated rings. The first-order valence-corrected chi connectivity index (χ1v) is 7.28. The van der Waals surface area contributed by atoms with Crippen molar-refractivity contribution in [1.82, 2.24) is 14.5 Å². The molecule has 0 aliphatic carbocycles. The first kappa shape index (κ1) is 15.1. The number of hydrogen-bond acceptors (Lipinski definition) is 4. The van der Waals surface area contributed by atoms with Gasteiger partial charge in [-0.25, -0.2) is 4.98 Å². The molecule has 0 atom stereocenters. The molecule has 0 aliphatic heterocycles. The number of aryl methyl sites for hydroxylation is 1. The van der Waals surface area contributed by atoms with E-state index in [1.807, 2.05) is 12.1 Å². The number of halogens is 1. The van der Waals surface area contributed by atoms with Crippen LogP contribution in [0.4, 0.5) is 0 Å². The second kappa shape index (κ2) is 7.45. The van der Waals surface area contributed by atoms with Crippen molar-refractivity contribution in [3.8, 4) is 5.88 Å². The fraction of sp³-hybridized carbons (Fsp3) is 0.571. The number of rotatable bonds is 8. The molecule has 0 bridgehead atoms. The Hall–Kier alpha value is -1.33. The standard InChI is InChI=1S/C14H20ClN3O2/c1-19-9-5-3-4-8-18-12(10-15)16-11-6-7-13(20-2)17-14(11)18/h6-7H,3-5,8-10H2,1-2H3. The van der Waals surface area contributed by atoms with Gasteiger partial charge in [0.1, 0.15) is 11.3 Å². The fourth-order valence-electron chi connectivity index (χ4n) is 2.17. The molecular weight excluding hydrogens is 278 g/mol. The summed E-state index contributed by atoms with van der Waals surface area (Å²) < 4.78 is 12.3. The molecule has 0 spiro atoms. The van der Waals surface area contributed by atoms with Gasteiger partial charge in [0.15, 0.2) is 5.65 Å². The molecule has 20 heavy (non-hydrogen) atoms. The number of imidazole rings is 1. The number of fused-ring (bicyclic) bond motifs is 1. The van der Waals surface area contributed by atoms with Gasteiger partial charge in [-0.2, -0.15) is 4.98 Å². The van der Waals surface area contributed by atoms with Crippen LogP contribution in [0.25, 0.3) is 11.2 Å². The van der Waals surface area contributed by atoms with Gasteiger partial charge in [-0.3, -0.25) is 0 Å². The van der Waals surface area contributed by atoms with Crippen molar-refractivity contribution in [2.75, 3.05) is 20.8 Å². The lowest BCUT2D eigenvalue weighted by Crippen LogP contribution is -2.04. The minimum Gasteiger partial charge on any atom is -0.481 e. The molecule has 0 radical (unpaired) electrons. The molecule has 0 aliphatic rings. The summed E-state index contributed by atoms with van der Waals surface area (Å²) in [6, 6.07) is 3.73. The summed E-state index contributed by atoms with van der Waals surface area (Å²) >= 11 is 5.98. The molecule has 2 heterocycles. The maximum absolute atomic E-state index is 5.98. The predicted octanol–water partition coefficient (Wildman–Crippen LogP) is 3.00. The van der Waals surface area contributed by atoms with E-state index in [2.05, 4.69) is 14.5 Å². The van der Waals surface area contributed by atoms with E-state index in [-0.39, 0.29) is 0 Å². The average Bonchev–Trinajstić information content (AvgIpc) is 2.84. The van der Waals surface area contributed by atoms with Gasteiger partial charge in [0.2, 0.25) is 5.88 Å². The van der Waals surface area contributed by atoms with E-state index in [1.54, 1.807) is 14.2 Å². The Bertz CT molecular complexity index is 557. The summed E-state index contributed by atoms with van der Waals surface area (Å²) in [4.78, 5) is 8.98. The summed E-state index contributed by atoms with van der Waals surface area (Å²) in [6.45, 7) is 1.67. The van der Waals surface area contributed by atoms with Gasteiger partial charge in [0.25, 0.3) is 0 Å². The maximum atomic E-state index is 5.98. The Morgan fingerprint density at radius 1 is 1.15 bits per heavy atom. The lowest BCUT2D eigenvalue weighted by atomic mass is 10.2. The number of alkyl halides is 1. The monoisotopic (exact) mass is 297 g/mol. The third-order valence-corrected chi connectivity index (χ3v) is 3.44. The van der Waals surface area contributed by atoms with Crippen LogP contribution in [0.2, 0.25) is 0 Å². The van der Waals surface area contributed by atoms with Crippen LogP contribution in [-0.4, -0.2) is 35.4 Å². The van der Waals surface area contributed by atoms with Gasteiger partial charge in [-0.05, 0) is 25.3 Å². The number of unbranched alkanes of at least 4 members (excludes halogenated alkanes) is 2.